The summed E-state index contributed by atoms with van der Waals surface area (Å²) < 4.78 is 5.64. The molecular formula is C14H18Cl2N2O2. The van der Waals surface area contributed by atoms with Crippen LogP contribution in [0.1, 0.15) is 6.92 Å². The molecule has 0 N–H and O–H groups in total. The van der Waals surface area contributed by atoms with Crippen LogP contribution in [0.3, 0.4) is 0 Å². The molecule has 1 aliphatic rings. The van der Waals surface area contributed by atoms with Gasteiger partial charge < -0.3 is 14.5 Å². The predicted molar refractivity (Wildman–Crippen MR) is 81.9 cm³/mol. The van der Waals surface area contributed by atoms with Gasteiger partial charge in [0, 0.05) is 26.2 Å². The number of hydrogen-bond acceptors (Lipinski definition) is 3. The van der Waals surface area contributed by atoms with Crippen LogP contribution in [0.5, 0.6) is 5.75 Å². The minimum atomic E-state index is -0.975. The van der Waals surface area contributed by atoms with Crippen molar-refractivity contribution in [3.63, 3.8) is 0 Å². The SMILES string of the molecule is CCOc1ccccc1N1CCN(C(=O)C(Cl)Cl)CC1. The Labute approximate surface area is 129 Å². The highest BCUT2D eigenvalue weighted by Crippen LogP contribution is 2.29. The molecule has 1 aromatic carbocycles. The van der Waals surface area contributed by atoms with Gasteiger partial charge in [0.25, 0.3) is 5.91 Å². The molecule has 0 atom stereocenters. The predicted octanol–water partition coefficient (Wildman–Crippen LogP) is 2.54. The van der Waals surface area contributed by atoms with Crippen LogP contribution in [-0.2, 0) is 4.79 Å². The van der Waals surface area contributed by atoms with E-state index in [0.29, 0.717) is 19.7 Å². The van der Waals surface area contributed by atoms with Gasteiger partial charge in [-0.25, -0.2) is 0 Å². The first-order valence-electron chi connectivity index (χ1n) is 6.67. The van der Waals surface area contributed by atoms with Crippen LogP contribution in [0.4, 0.5) is 5.69 Å². The summed E-state index contributed by atoms with van der Waals surface area (Å²) in [4.78, 5) is 14.7. The fourth-order valence-electron chi connectivity index (χ4n) is 2.30. The second-order valence-electron chi connectivity index (χ2n) is 4.51. The molecule has 1 aromatic rings. The molecule has 1 fully saturated rings. The van der Waals surface area contributed by atoms with Gasteiger partial charge in [0.2, 0.25) is 0 Å². The highest BCUT2D eigenvalue weighted by molar-refractivity contribution is 6.53. The van der Waals surface area contributed by atoms with Crippen molar-refractivity contribution < 1.29 is 9.53 Å². The van der Waals surface area contributed by atoms with E-state index in [1.54, 1.807) is 4.90 Å². The molecule has 110 valence electrons. The fourth-order valence-corrected chi connectivity index (χ4v) is 2.58. The number of anilines is 1. The van der Waals surface area contributed by atoms with E-state index in [4.69, 9.17) is 27.9 Å². The van der Waals surface area contributed by atoms with E-state index in [-0.39, 0.29) is 5.91 Å². The molecule has 1 saturated heterocycles. The highest BCUT2D eigenvalue weighted by atomic mass is 35.5. The van der Waals surface area contributed by atoms with Crippen molar-refractivity contribution in [1.29, 1.82) is 0 Å². The number of nitrogens with zero attached hydrogens (tertiary/aromatic N) is 2. The summed E-state index contributed by atoms with van der Waals surface area (Å²) in [5.74, 6) is 0.661. The number of para-hydroxylation sites is 2. The maximum atomic E-state index is 11.7. The third kappa shape index (κ3) is 3.49. The van der Waals surface area contributed by atoms with Crippen molar-refractivity contribution in [2.45, 2.75) is 11.8 Å². The summed E-state index contributed by atoms with van der Waals surface area (Å²) >= 11 is 11.2. The Morgan fingerprint density at radius 2 is 1.90 bits per heavy atom. The molecular weight excluding hydrogens is 299 g/mol. The van der Waals surface area contributed by atoms with Gasteiger partial charge in [-0.3, -0.25) is 4.79 Å². The van der Waals surface area contributed by atoms with E-state index >= 15 is 0 Å². The van der Waals surface area contributed by atoms with E-state index in [1.807, 2.05) is 31.2 Å². The molecule has 0 spiro atoms. The molecule has 1 amide bonds. The summed E-state index contributed by atoms with van der Waals surface area (Å²) in [6.45, 7) is 5.33. The quantitative estimate of drug-likeness (QED) is 0.800. The van der Waals surface area contributed by atoms with E-state index in [2.05, 4.69) is 4.90 Å². The van der Waals surface area contributed by atoms with Crippen molar-refractivity contribution in [2.75, 3.05) is 37.7 Å². The zero-order chi connectivity index (χ0) is 14.5. The standard InChI is InChI=1S/C14H18Cl2N2O2/c1-2-20-12-6-4-3-5-11(12)17-7-9-18(10-8-17)14(19)13(15)16/h3-6,13H,2,7-10H2,1H3. The number of carbonyl (C=O) groups is 1. The first-order valence-corrected chi connectivity index (χ1v) is 7.54. The van der Waals surface area contributed by atoms with Gasteiger partial charge in [0.15, 0.2) is 4.84 Å². The normalized spacial score (nSPS) is 15.6. The number of ether oxygens (including phenoxy) is 1. The first kappa shape index (κ1) is 15.3. The second kappa shape index (κ2) is 7.04. The van der Waals surface area contributed by atoms with Crippen molar-refractivity contribution in [3.8, 4) is 5.75 Å². The maximum Gasteiger partial charge on any atom is 0.255 e. The van der Waals surface area contributed by atoms with Gasteiger partial charge in [-0.1, -0.05) is 35.3 Å². The molecule has 2 rings (SSSR count). The van der Waals surface area contributed by atoms with Crippen LogP contribution in [0, 0.1) is 0 Å². The van der Waals surface area contributed by atoms with Gasteiger partial charge in [-0.15, -0.1) is 0 Å². The Bertz CT molecular complexity index is 460. The lowest BCUT2D eigenvalue weighted by Gasteiger charge is -2.36. The smallest absolute Gasteiger partial charge is 0.255 e. The van der Waals surface area contributed by atoms with Crippen molar-refractivity contribution in [1.82, 2.24) is 4.90 Å². The lowest BCUT2D eigenvalue weighted by molar-refractivity contribution is -0.129. The summed E-state index contributed by atoms with van der Waals surface area (Å²) in [6, 6.07) is 7.95. The van der Waals surface area contributed by atoms with Crippen molar-refractivity contribution in [2.24, 2.45) is 0 Å². The molecule has 6 heteroatoms. The number of benzene rings is 1. The second-order valence-corrected chi connectivity index (χ2v) is 5.61. The summed E-state index contributed by atoms with van der Waals surface area (Å²) in [7, 11) is 0. The number of amides is 1. The van der Waals surface area contributed by atoms with Gasteiger partial charge in [0.05, 0.1) is 12.3 Å². The Hall–Kier alpha value is -1.13. The average Bonchev–Trinajstić information content (AvgIpc) is 2.47. The van der Waals surface area contributed by atoms with E-state index in [0.717, 1.165) is 24.5 Å². The Morgan fingerprint density at radius 1 is 1.25 bits per heavy atom. The third-order valence-corrected chi connectivity index (χ3v) is 3.66. The first-order chi connectivity index (χ1) is 9.63. The van der Waals surface area contributed by atoms with Crippen LogP contribution in [0.25, 0.3) is 0 Å². The molecule has 4 nitrogen and oxygen atoms in total. The Morgan fingerprint density at radius 3 is 2.50 bits per heavy atom. The van der Waals surface area contributed by atoms with Crippen LogP contribution in [0.15, 0.2) is 24.3 Å². The number of carbonyl (C=O) groups excluding carboxylic acids is 1. The average molecular weight is 317 g/mol. The Kier molecular flexibility index (Phi) is 5.38. The molecule has 0 radical (unpaired) electrons. The highest BCUT2D eigenvalue weighted by Gasteiger charge is 2.25. The largest absolute Gasteiger partial charge is 0.492 e. The maximum absolute atomic E-state index is 11.7. The van der Waals surface area contributed by atoms with Crippen LogP contribution in [-0.4, -0.2) is 48.4 Å². The van der Waals surface area contributed by atoms with Crippen LogP contribution < -0.4 is 9.64 Å². The number of rotatable bonds is 4. The van der Waals surface area contributed by atoms with Crippen LogP contribution >= 0.6 is 23.2 Å². The summed E-state index contributed by atoms with van der Waals surface area (Å²) in [5.41, 5.74) is 1.06. The van der Waals surface area contributed by atoms with Gasteiger partial charge in [-0.2, -0.15) is 0 Å². The number of piperazine rings is 1. The number of halogens is 2. The molecule has 0 unspecified atom stereocenters. The molecule has 1 aliphatic heterocycles. The molecule has 0 saturated carbocycles. The van der Waals surface area contributed by atoms with Gasteiger partial charge >= 0.3 is 0 Å². The molecule has 0 bridgehead atoms. The summed E-state index contributed by atoms with van der Waals surface area (Å²) in [5, 5.41) is 0. The topological polar surface area (TPSA) is 32.8 Å². The Balaban J connectivity index is 2.02. The van der Waals surface area contributed by atoms with E-state index in [9.17, 15) is 4.79 Å². The lowest BCUT2D eigenvalue weighted by Crippen LogP contribution is -2.50. The summed E-state index contributed by atoms with van der Waals surface area (Å²) in [6.07, 6.45) is 0. The molecule has 1 heterocycles. The lowest BCUT2D eigenvalue weighted by atomic mass is 10.2. The minimum Gasteiger partial charge on any atom is -0.492 e. The van der Waals surface area contributed by atoms with Gasteiger partial charge in [-0.05, 0) is 19.1 Å². The van der Waals surface area contributed by atoms with E-state index < -0.39 is 4.84 Å². The number of alkyl halides is 2. The molecule has 0 aliphatic carbocycles. The number of hydrogen-bond donors (Lipinski definition) is 0. The zero-order valence-electron chi connectivity index (χ0n) is 11.4. The monoisotopic (exact) mass is 316 g/mol. The van der Waals surface area contributed by atoms with Crippen molar-refractivity contribution >= 4 is 34.8 Å². The fraction of sp³-hybridized carbons (Fsp3) is 0.500. The zero-order valence-corrected chi connectivity index (χ0v) is 12.9. The van der Waals surface area contributed by atoms with Crippen molar-refractivity contribution in [3.05, 3.63) is 24.3 Å². The minimum absolute atomic E-state index is 0.217. The molecule has 0 aromatic heterocycles. The van der Waals surface area contributed by atoms with Gasteiger partial charge in [0.1, 0.15) is 5.75 Å². The van der Waals surface area contributed by atoms with E-state index in [1.165, 1.54) is 0 Å². The van der Waals surface area contributed by atoms with Crippen LogP contribution in [0.2, 0.25) is 0 Å². The molecule has 20 heavy (non-hydrogen) atoms. The third-order valence-electron chi connectivity index (χ3n) is 3.28.